The standard InChI is InChI=1S/C15H13F2NO2/c16-10-2-4-14-9(5-10)6-12(20-14)8-19-15-7-11(17)1-3-13(15)18/h1-5,7,12H,6,8,18H2. The van der Waals surface area contributed by atoms with Crippen LogP contribution in [0.3, 0.4) is 0 Å². The summed E-state index contributed by atoms with van der Waals surface area (Å²) in [6.07, 6.45) is 0.331. The molecule has 2 aromatic rings. The van der Waals surface area contributed by atoms with Gasteiger partial charge in [0.1, 0.15) is 35.8 Å². The monoisotopic (exact) mass is 277 g/mol. The Morgan fingerprint density at radius 1 is 1.15 bits per heavy atom. The van der Waals surface area contributed by atoms with E-state index in [1.165, 1.54) is 30.3 Å². The summed E-state index contributed by atoms with van der Waals surface area (Å²) in [6.45, 7) is 0.226. The lowest BCUT2D eigenvalue weighted by atomic mass is 10.1. The van der Waals surface area contributed by atoms with Crippen LogP contribution in [0.5, 0.6) is 11.5 Å². The first kappa shape index (κ1) is 12.7. The van der Waals surface area contributed by atoms with Gasteiger partial charge in [-0.15, -0.1) is 0 Å². The molecule has 1 unspecified atom stereocenters. The minimum absolute atomic E-state index is 0.226. The summed E-state index contributed by atoms with van der Waals surface area (Å²) >= 11 is 0. The Labute approximate surface area is 114 Å². The zero-order valence-electron chi connectivity index (χ0n) is 10.6. The average Bonchev–Trinajstić information content (AvgIpc) is 2.81. The molecular weight excluding hydrogens is 264 g/mol. The fraction of sp³-hybridized carbons (Fsp3) is 0.200. The molecule has 0 amide bonds. The predicted molar refractivity (Wildman–Crippen MR) is 70.8 cm³/mol. The van der Waals surface area contributed by atoms with Gasteiger partial charge in [0.25, 0.3) is 0 Å². The molecule has 0 bridgehead atoms. The molecule has 0 aliphatic carbocycles. The van der Waals surface area contributed by atoms with Crippen molar-refractivity contribution in [3.63, 3.8) is 0 Å². The Kier molecular flexibility index (Phi) is 3.18. The summed E-state index contributed by atoms with van der Waals surface area (Å²) in [7, 11) is 0. The van der Waals surface area contributed by atoms with E-state index in [0.717, 1.165) is 5.56 Å². The fourth-order valence-corrected chi connectivity index (χ4v) is 2.20. The molecule has 2 aromatic carbocycles. The maximum Gasteiger partial charge on any atom is 0.145 e. The second-order valence-electron chi connectivity index (χ2n) is 4.69. The van der Waals surface area contributed by atoms with Crippen molar-refractivity contribution in [3.05, 3.63) is 53.6 Å². The summed E-state index contributed by atoms with van der Waals surface area (Å²) in [5.74, 6) is 0.248. The molecule has 0 radical (unpaired) electrons. The predicted octanol–water partition coefficient (Wildman–Crippen LogP) is 2.93. The zero-order chi connectivity index (χ0) is 14.1. The highest BCUT2D eigenvalue weighted by atomic mass is 19.1. The Bertz CT molecular complexity index is 646. The summed E-state index contributed by atoms with van der Waals surface area (Å²) in [4.78, 5) is 0. The van der Waals surface area contributed by atoms with Crippen molar-refractivity contribution < 1.29 is 18.3 Å². The first-order chi connectivity index (χ1) is 9.61. The molecule has 0 aromatic heterocycles. The minimum atomic E-state index is -0.410. The van der Waals surface area contributed by atoms with Gasteiger partial charge in [0.2, 0.25) is 0 Å². The summed E-state index contributed by atoms with van der Waals surface area (Å²) in [5.41, 5.74) is 6.88. The lowest BCUT2D eigenvalue weighted by molar-refractivity contribution is 0.149. The molecule has 1 heterocycles. The molecule has 5 heteroatoms. The quantitative estimate of drug-likeness (QED) is 0.877. The van der Waals surface area contributed by atoms with Gasteiger partial charge in [0, 0.05) is 18.1 Å². The van der Waals surface area contributed by atoms with E-state index >= 15 is 0 Å². The van der Waals surface area contributed by atoms with Crippen molar-refractivity contribution in [1.82, 2.24) is 0 Å². The second-order valence-corrected chi connectivity index (χ2v) is 4.69. The Hall–Kier alpha value is -2.30. The van der Waals surface area contributed by atoms with E-state index in [9.17, 15) is 8.78 Å². The highest BCUT2D eigenvalue weighted by Crippen LogP contribution is 2.30. The molecule has 2 N–H and O–H groups in total. The number of benzene rings is 2. The van der Waals surface area contributed by atoms with Gasteiger partial charge in [-0.25, -0.2) is 8.78 Å². The van der Waals surface area contributed by atoms with Gasteiger partial charge in [-0.3, -0.25) is 0 Å². The van der Waals surface area contributed by atoms with Crippen LogP contribution in [-0.2, 0) is 6.42 Å². The van der Waals surface area contributed by atoms with Crippen LogP contribution in [0.4, 0.5) is 14.5 Å². The van der Waals surface area contributed by atoms with E-state index in [0.29, 0.717) is 17.9 Å². The van der Waals surface area contributed by atoms with Crippen molar-refractivity contribution in [3.8, 4) is 11.5 Å². The van der Waals surface area contributed by atoms with Crippen LogP contribution in [0.2, 0.25) is 0 Å². The molecule has 1 aliphatic rings. The Morgan fingerprint density at radius 2 is 1.90 bits per heavy atom. The van der Waals surface area contributed by atoms with E-state index in [4.69, 9.17) is 15.2 Å². The number of hydrogen-bond donors (Lipinski definition) is 1. The number of fused-ring (bicyclic) bond motifs is 1. The molecule has 0 fully saturated rings. The van der Waals surface area contributed by atoms with Crippen LogP contribution >= 0.6 is 0 Å². The first-order valence-corrected chi connectivity index (χ1v) is 6.25. The molecule has 104 valence electrons. The normalized spacial score (nSPS) is 16.6. The third kappa shape index (κ3) is 2.52. The molecule has 20 heavy (non-hydrogen) atoms. The third-order valence-electron chi connectivity index (χ3n) is 3.16. The largest absolute Gasteiger partial charge is 0.487 e. The van der Waals surface area contributed by atoms with E-state index in [1.54, 1.807) is 6.07 Å². The smallest absolute Gasteiger partial charge is 0.145 e. The highest BCUT2D eigenvalue weighted by Gasteiger charge is 2.24. The van der Waals surface area contributed by atoms with Gasteiger partial charge in [-0.2, -0.15) is 0 Å². The van der Waals surface area contributed by atoms with Crippen molar-refractivity contribution >= 4 is 5.69 Å². The molecule has 0 saturated carbocycles. The molecular formula is C15H13F2NO2. The van der Waals surface area contributed by atoms with Crippen LogP contribution in [0.15, 0.2) is 36.4 Å². The Balaban J connectivity index is 1.65. The van der Waals surface area contributed by atoms with Crippen LogP contribution < -0.4 is 15.2 Å². The molecule has 3 rings (SSSR count). The van der Waals surface area contributed by atoms with Gasteiger partial charge in [-0.1, -0.05) is 0 Å². The van der Waals surface area contributed by atoms with Gasteiger partial charge >= 0.3 is 0 Å². The number of anilines is 1. The van der Waals surface area contributed by atoms with E-state index in [1.807, 2.05) is 0 Å². The summed E-state index contributed by atoms with van der Waals surface area (Å²) < 4.78 is 37.3. The van der Waals surface area contributed by atoms with Gasteiger partial charge < -0.3 is 15.2 Å². The van der Waals surface area contributed by atoms with Gasteiger partial charge in [-0.05, 0) is 30.3 Å². The van der Waals surface area contributed by atoms with Crippen LogP contribution in [0.1, 0.15) is 5.56 Å². The van der Waals surface area contributed by atoms with Crippen molar-refractivity contribution in [2.75, 3.05) is 12.3 Å². The lowest BCUT2D eigenvalue weighted by Crippen LogP contribution is -2.22. The van der Waals surface area contributed by atoms with Crippen LogP contribution in [0, 0.1) is 11.6 Å². The summed E-state index contributed by atoms with van der Waals surface area (Å²) in [6, 6.07) is 8.36. The molecule has 0 spiro atoms. The topological polar surface area (TPSA) is 44.5 Å². The maximum absolute atomic E-state index is 13.1. The number of nitrogen functional groups attached to an aromatic ring is 1. The highest BCUT2D eigenvalue weighted by molar-refractivity contribution is 5.52. The van der Waals surface area contributed by atoms with Gasteiger partial charge in [0.15, 0.2) is 0 Å². The molecule has 3 nitrogen and oxygen atoms in total. The van der Waals surface area contributed by atoms with Crippen LogP contribution in [0.25, 0.3) is 0 Å². The van der Waals surface area contributed by atoms with Crippen molar-refractivity contribution in [2.24, 2.45) is 0 Å². The number of nitrogens with two attached hydrogens (primary N) is 1. The lowest BCUT2D eigenvalue weighted by Gasteiger charge is -2.13. The Morgan fingerprint density at radius 3 is 2.75 bits per heavy atom. The molecule has 1 aliphatic heterocycles. The number of halogens is 2. The fourth-order valence-electron chi connectivity index (χ4n) is 2.20. The molecule has 1 atom stereocenters. The third-order valence-corrected chi connectivity index (χ3v) is 3.16. The van der Waals surface area contributed by atoms with E-state index in [2.05, 4.69) is 0 Å². The number of ether oxygens (including phenoxy) is 2. The second kappa shape index (κ2) is 5.00. The van der Waals surface area contributed by atoms with Crippen LogP contribution in [-0.4, -0.2) is 12.7 Å². The molecule has 0 saturated heterocycles. The van der Waals surface area contributed by atoms with E-state index < -0.39 is 5.82 Å². The average molecular weight is 277 g/mol. The summed E-state index contributed by atoms with van der Waals surface area (Å²) in [5, 5.41) is 0. The van der Waals surface area contributed by atoms with Gasteiger partial charge in [0.05, 0.1) is 5.69 Å². The number of rotatable bonds is 3. The first-order valence-electron chi connectivity index (χ1n) is 6.25. The van der Waals surface area contributed by atoms with E-state index in [-0.39, 0.29) is 24.3 Å². The van der Waals surface area contributed by atoms with Crippen molar-refractivity contribution in [1.29, 1.82) is 0 Å². The minimum Gasteiger partial charge on any atom is -0.487 e. The maximum atomic E-state index is 13.1. The zero-order valence-corrected chi connectivity index (χ0v) is 10.6. The SMILES string of the molecule is Nc1ccc(F)cc1OCC1Cc2cc(F)ccc2O1. The van der Waals surface area contributed by atoms with Crippen molar-refractivity contribution in [2.45, 2.75) is 12.5 Å². The number of hydrogen-bond acceptors (Lipinski definition) is 3.